The second-order valence-electron chi connectivity index (χ2n) is 7.57. The minimum absolute atomic E-state index is 0.0451. The van der Waals surface area contributed by atoms with Crippen molar-refractivity contribution < 1.29 is 24.2 Å². The van der Waals surface area contributed by atoms with Gasteiger partial charge in [-0.2, -0.15) is 5.26 Å². The van der Waals surface area contributed by atoms with Crippen LogP contribution in [0.4, 0.5) is 5.69 Å². The van der Waals surface area contributed by atoms with Gasteiger partial charge in [0.15, 0.2) is 0 Å². The monoisotopic (exact) mass is 454 g/mol. The lowest BCUT2D eigenvalue weighted by Crippen LogP contribution is -2.29. The summed E-state index contributed by atoms with van der Waals surface area (Å²) in [5, 5.41) is 20.4. The molecule has 1 saturated heterocycles. The SMILES string of the molecule is CCOc1cccc(/C(O)=C2/C(=O)C(=O)N(c3ccc(C#N)cc3)C2c2cccc(OC)c2)c1. The third-order valence-corrected chi connectivity index (χ3v) is 5.55. The lowest BCUT2D eigenvalue weighted by Gasteiger charge is -2.25. The van der Waals surface area contributed by atoms with E-state index in [-0.39, 0.29) is 11.3 Å². The fourth-order valence-electron chi connectivity index (χ4n) is 3.98. The average Bonchev–Trinajstić information content (AvgIpc) is 3.14. The number of hydrogen-bond acceptors (Lipinski definition) is 6. The quantitative estimate of drug-likeness (QED) is 0.332. The Morgan fingerprint density at radius 1 is 1.03 bits per heavy atom. The molecule has 1 aliphatic rings. The molecular formula is C27H22N2O5. The molecule has 170 valence electrons. The van der Waals surface area contributed by atoms with Gasteiger partial charge in [-0.25, -0.2) is 0 Å². The maximum Gasteiger partial charge on any atom is 0.300 e. The number of amides is 1. The number of rotatable bonds is 6. The Hall–Kier alpha value is -4.57. The van der Waals surface area contributed by atoms with Gasteiger partial charge in [0.25, 0.3) is 11.7 Å². The Morgan fingerprint density at radius 3 is 2.41 bits per heavy atom. The maximum atomic E-state index is 13.3. The lowest BCUT2D eigenvalue weighted by molar-refractivity contribution is -0.132. The van der Waals surface area contributed by atoms with Gasteiger partial charge >= 0.3 is 0 Å². The molecule has 7 nitrogen and oxygen atoms in total. The van der Waals surface area contributed by atoms with Crippen molar-refractivity contribution >= 4 is 23.1 Å². The summed E-state index contributed by atoms with van der Waals surface area (Å²) in [5.41, 5.74) is 1.75. The zero-order valence-electron chi connectivity index (χ0n) is 18.7. The maximum absolute atomic E-state index is 13.3. The number of benzene rings is 3. The smallest absolute Gasteiger partial charge is 0.300 e. The van der Waals surface area contributed by atoms with Crippen LogP contribution in [0.1, 0.15) is 29.7 Å². The summed E-state index contributed by atoms with van der Waals surface area (Å²) in [5.74, 6) is -0.813. The number of ketones is 1. The molecule has 0 aromatic heterocycles. The summed E-state index contributed by atoms with van der Waals surface area (Å²) in [6, 6.07) is 21.2. The molecule has 1 aliphatic heterocycles. The summed E-state index contributed by atoms with van der Waals surface area (Å²) < 4.78 is 10.9. The first-order valence-electron chi connectivity index (χ1n) is 10.7. The molecule has 3 aromatic carbocycles. The van der Waals surface area contributed by atoms with Crippen LogP contribution in [-0.2, 0) is 9.59 Å². The Kier molecular flexibility index (Phi) is 6.33. The fraction of sp³-hybridized carbons (Fsp3) is 0.148. The first-order chi connectivity index (χ1) is 16.5. The van der Waals surface area contributed by atoms with Crippen molar-refractivity contribution in [3.63, 3.8) is 0 Å². The van der Waals surface area contributed by atoms with E-state index in [2.05, 4.69) is 0 Å². The van der Waals surface area contributed by atoms with Crippen molar-refractivity contribution in [3.05, 3.63) is 95.1 Å². The van der Waals surface area contributed by atoms with Crippen LogP contribution in [0.3, 0.4) is 0 Å². The van der Waals surface area contributed by atoms with E-state index in [0.717, 1.165) is 0 Å². The van der Waals surface area contributed by atoms with Gasteiger partial charge in [0.1, 0.15) is 17.3 Å². The molecule has 0 aliphatic carbocycles. The number of anilines is 1. The number of nitriles is 1. The van der Waals surface area contributed by atoms with Gasteiger partial charge in [0.2, 0.25) is 0 Å². The summed E-state index contributed by atoms with van der Waals surface area (Å²) in [6.45, 7) is 2.29. The van der Waals surface area contributed by atoms with Gasteiger partial charge in [0.05, 0.1) is 37.0 Å². The lowest BCUT2D eigenvalue weighted by atomic mass is 9.95. The molecule has 7 heteroatoms. The van der Waals surface area contributed by atoms with Crippen molar-refractivity contribution in [3.8, 4) is 17.6 Å². The molecule has 0 radical (unpaired) electrons. The number of nitrogens with zero attached hydrogens (tertiary/aromatic N) is 2. The van der Waals surface area contributed by atoms with Crippen LogP contribution in [0.25, 0.3) is 5.76 Å². The fourth-order valence-corrected chi connectivity index (χ4v) is 3.98. The van der Waals surface area contributed by atoms with E-state index in [1.165, 1.54) is 12.0 Å². The van der Waals surface area contributed by atoms with Gasteiger partial charge in [0, 0.05) is 11.3 Å². The third kappa shape index (κ3) is 4.09. The predicted molar refractivity (Wildman–Crippen MR) is 127 cm³/mol. The number of aliphatic hydroxyl groups excluding tert-OH is 1. The first-order valence-corrected chi connectivity index (χ1v) is 10.7. The normalized spacial score (nSPS) is 16.9. The average molecular weight is 454 g/mol. The molecule has 0 bridgehead atoms. The Labute approximate surface area is 197 Å². The molecule has 0 spiro atoms. The molecule has 0 saturated carbocycles. The summed E-state index contributed by atoms with van der Waals surface area (Å²) in [6.07, 6.45) is 0. The van der Waals surface area contributed by atoms with Gasteiger partial charge < -0.3 is 14.6 Å². The number of ether oxygens (including phenoxy) is 2. The van der Waals surface area contributed by atoms with Crippen LogP contribution in [0.2, 0.25) is 0 Å². The van der Waals surface area contributed by atoms with E-state index < -0.39 is 17.7 Å². The highest BCUT2D eigenvalue weighted by molar-refractivity contribution is 6.51. The summed E-state index contributed by atoms with van der Waals surface area (Å²) in [4.78, 5) is 27.8. The Bertz CT molecular complexity index is 1320. The van der Waals surface area contributed by atoms with Gasteiger partial charge in [-0.3, -0.25) is 14.5 Å². The molecule has 1 atom stereocenters. The summed E-state index contributed by atoms with van der Waals surface area (Å²) in [7, 11) is 1.52. The number of hydrogen-bond donors (Lipinski definition) is 1. The number of Topliss-reactive ketones (excluding diaryl/α,β-unsaturated/α-hetero) is 1. The molecule has 1 unspecified atom stereocenters. The van der Waals surface area contributed by atoms with Crippen LogP contribution in [-0.4, -0.2) is 30.5 Å². The minimum atomic E-state index is -0.904. The highest BCUT2D eigenvalue weighted by Gasteiger charge is 2.47. The minimum Gasteiger partial charge on any atom is -0.507 e. The molecule has 1 amide bonds. The molecule has 1 heterocycles. The van der Waals surface area contributed by atoms with E-state index in [9.17, 15) is 14.7 Å². The van der Waals surface area contributed by atoms with Gasteiger partial charge in [-0.05, 0) is 61.0 Å². The van der Waals surface area contributed by atoms with Crippen LogP contribution in [0.5, 0.6) is 11.5 Å². The topological polar surface area (TPSA) is 99.9 Å². The van der Waals surface area contributed by atoms with Crippen molar-refractivity contribution in [1.29, 1.82) is 5.26 Å². The Balaban J connectivity index is 1.92. The highest BCUT2D eigenvalue weighted by atomic mass is 16.5. The highest BCUT2D eigenvalue weighted by Crippen LogP contribution is 2.43. The van der Waals surface area contributed by atoms with Crippen molar-refractivity contribution in [2.24, 2.45) is 0 Å². The van der Waals surface area contributed by atoms with E-state index >= 15 is 0 Å². The van der Waals surface area contributed by atoms with E-state index in [0.29, 0.717) is 40.5 Å². The standard InChI is InChI=1S/C27H22N2O5/c1-3-34-22-9-5-7-19(15-22)25(30)23-24(18-6-4-8-21(14-18)33-2)29(27(32)26(23)31)20-12-10-17(16-28)11-13-20/h4-15,24,30H,3H2,1-2H3/b25-23-. The third-order valence-electron chi connectivity index (χ3n) is 5.55. The molecule has 1 N–H and O–H groups in total. The van der Waals surface area contributed by atoms with E-state index in [4.69, 9.17) is 14.7 Å². The van der Waals surface area contributed by atoms with Crippen LogP contribution in [0.15, 0.2) is 78.4 Å². The van der Waals surface area contributed by atoms with Crippen LogP contribution in [0, 0.1) is 11.3 Å². The molecular weight excluding hydrogens is 432 g/mol. The molecule has 4 rings (SSSR count). The number of carbonyl (C=O) groups is 2. The largest absolute Gasteiger partial charge is 0.507 e. The Morgan fingerprint density at radius 2 is 1.74 bits per heavy atom. The molecule has 1 fully saturated rings. The second kappa shape index (κ2) is 9.51. The number of methoxy groups -OCH3 is 1. The van der Waals surface area contributed by atoms with Crippen molar-refractivity contribution in [1.82, 2.24) is 0 Å². The second-order valence-corrected chi connectivity index (χ2v) is 7.57. The van der Waals surface area contributed by atoms with E-state index in [1.807, 2.05) is 13.0 Å². The predicted octanol–water partition coefficient (Wildman–Crippen LogP) is 4.59. The van der Waals surface area contributed by atoms with Crippen molar-refractivity contribution in [2.45, 2.75) is 13.0 Å². The van der Waals surface area contributed by atoms with Crippen molar-refractivity contribution in [2.75, 3.05) is 18.6 Å². The summed E-state index contributed by atoms with van der Waals surface area (Å²) >= 11 is 0. The van der Waals surface area contributed by atoms with Gasteiger partial charge in [-0.1, -0.05) is 24.3 Å². The van der Waals surface area contributed by atoms with Gasteiger partial charge in [-0.15, -0.1) is 0 Å². The van der Waals surface area contributed by atoms with E-state index in [1.54, 1.807) is 72.8 Å². The number of carbonyl (C=O) groups excluding carboxylic acids is 2. The van der Waals surface area contributed by atoms with Crippen LogP contribution >= 0.6 is 0 Å². The zero-order chi connectivity index (χ0) is 24.2. The number of aliphatic hydroxyl groups is 1. The first kappa shape index (κ1) is 22.6. The molecule has 3 aromatic rings. The molecule has 34 heavy (non-hydrogen) atoms. The van der Waals surface area contributed by atoms with Crippen LogP contribution < -0.4 is 14.4 Å². The zero-order valence-corrected chi connectivity index (χ0v) is 18.7.